The van der Waals surface area contributed by atoms with Crippen molar-refractivity contribution in [3.63, 3.8) is 0 Å². The van der Waals surface area contributed by atoms with Crippen molar-refractivity contribution in [2.75, 3.05) is 13.2 Å². The number of aromatic nitrogens is 1. The number of ether oxygens (including phenoxy) is 1. The van der Waals surface area contributed by atoms with E-state index in [2.05, 4.69) is 16.4 Å². The van der Waals surface area contributed by atoms with Crippen LogP contribution in [-0.2, 0) is 0 Å². The fourth-order valence-electron chi connectivity index (χ4n) is 3.17. The number of H-pyrrole nitrogens is 1. The van der Waals surface area contributed by atoms with Crippen LogP contribution in [0, 0.1) is 11.3 Å². The molecule has 122 valence electrons. The summed E-state index contributed by atoms with van der Waals surface area (Å²) in [6, 6.07) is 10.0. The van der Waals surface area contributed by atoms with Crippen molar-refractivity contribution in [2.45, 2.75) is 44.2 Å². The summed E-state index contributed by atoms with van der Waals surface area (Å²) in [5.74, 6) is 0.692. The van der Waals surface area contributed by atoms with E-state index in [0.717, 1.165) is 10.9 Å². The third kappa shape index (κ3) is 4.04. The molecule has 2 aromatic rings. The molecule has 1 aromatic heterocycles. The Balaban J connectivity index is 1.53. The fourth-order valence-corrected chi connectivity index (χ4v) is 3.17. The maximum absolute atomic E-state index is 10.1. The first kappa shape index (κ1) is 15.9. The summed E-state index contributed by atoms with van der Waals surface area (Å²) in [6.07, 6.45) is 5.75. The number of hydrogen-bond donors (Lipinski definition) is 3. The van der Waals surface area contributed by atoms with E-state index in [4.69, 9.17) is 10.00 Å². The van der Waals surface area contributed by atoms with Crippen LogP contribution in [0.25, 0.3) is 10.9 Å². The minimum atomic E-state index is -0.540. The van der Waals surface area contributed by atoms with Gasteiger partial charge in [0.2, 0.25) is 0 Å². The minimum Gasteiger partial charge on any atom is -0.490 e. The summed E-state index contributed by atoms with van der Waals surface area (Å²) in [7, 11) is 0. The zero-order valence-corrected chi connectivity index (χ0v) is 13.2. The van der Waals surface area contributed by atoms with E-state index in [1.165, 1.54) is 32.1 Å². The summed E-state index contributed by atoms with van der Waals surface area (Å²) < 4.78 is 5.76. The largest absolute Gasteiger partial charge is 0.490 e. The number of aromatic amines is 1. The second kappa shape index (κ2) is 7.49. The average molecular weight is 313 g/mol. The zero-order chi connectivity index (χ0) is 16.1. The Morgan fingerprint density at radius 3 is 2.96 bits per heavy atom. The SMILES string of the molecule is N#Cc1cc2c(OCC(O)CNC3CCCCC3)cccc2[nH]1. The smallest absolute Gasteiger partial charge is 0.128 e. The molecular weight excluding hydrogens is 290 g/mol. The molecule has 0 bridgehead atoms. The first-order chi connectivity index (χ1) is 11.3. The molecule has 23 heavy (non-hydrogen) atoms. The monoisotopic (exact) mass is 313 g/mol. The molecular formula is C18H23N3O2. The molecule has 3 N–H and O–H groups in total. The van der Waals surface area contributed by atoms with Gasteiger partial charge in [-0.2, -0.15) is 5.26 Å². The Kier molecular flexibility index (Phi) is 5.16. The lowest BCUT2D eigenvalue weighted by Crippen LogP contribution is -2.38. The highest BCUT2D eigenvalue weighted by Gasteiger charge is 2.15. The van der Waals surface area contributed by atoms with Gasteiger partial charge in [-0.3, -0.25) is 0 Å². The summed E-state index contributed by atoms with van der Waals surface area (Å²) in [5.41, 5.74) is 1.38. The van der Waals surface area contributed by atoms with Crippen LogP contribution in [0.5, 0.6) is 5.75 Å². The van der Waals surface area contributed by atoms with Crippen LogP contribution in [0.1, 0.15) is 37.8 Å². The molecule has 0 amide bonds. The van der Waals surface area contributed by atoms with Gasteiger partial charge in [-0.1, -0.05) is 25.3 Å². The van der Waals surface area contributed by atoms with Gasteiger partial charge in [-0.05, 0) is 31.0 Å². The standard InChI is InChI=1S/C18H23N3O2/c19-10-14-9-16-17(21-14)7-4-8-18(16)23-12-15(22)11-20-13-5-2-1-3-6-13/h4,7-9,13,15,20-22H,1-3,5-6,11-12H2. The molecule has 1 aromatic carbocycles. The first-order valence-corrected chi connectivity index (χ1v) is 8.32. The molecule has 0 spiro atoms. The number of fused-ring (bicyclic) bond motifs is 1. The predicted molar refractivity (Wildman–Crippen MR) is 89.4 cm³/mol. The highest BCUT2D eigenvalue weighted by atomic mass is 16.5. The fraction of sp³-hybridized carbons (Fsp3) is 0.500. The zero-order valence-electron chi connectivity index (χ0n) is 13.2. The number of benzene rings is 1. The van der Waals surface area contributed by atoms with E-state index in [0.29, 0.717) is 24.0 Å². The quantitative estimate of drug-likeness (QED) is 0.766. The maximum Gasteiger partial charge on any atom is 0.128 e. The number of rotatable bonds is 6. The van der Waals surface area contributed by atoms with Gasteiger partial charge < -0.3 is 20.1 Å². The molecule has 1 fully saturated rings. The van der Waals surface area contributed by atoms with Gasteiger partial charge in [-0.15, -0.1) is 0 Å². The molecule has 5 nitrogen and oxygen atoms in total. The van der Waals surface area contributed by atoms with Crippen LogP contribution < -0.4 is 10.1 Å². The van der Waals surface area contributed by atoms with Crippen molar-refractivity contribution in [1.82, 2.24) is 10.3 Å². The number of nitrogens with one attached hydrogen (secondary N) is 2. The Morgan fingerprint density at radius 1 is 1.35 bits per heavy atom. The van der Waals surface area contributed by atoms with Gasteiger partial charge in [-0.25, -0.2) is 0 Å². The highest BCUT2D eigenvalue weighted by Crippen LogP contribution is 2.26. The van der Waals surface area contributed by atoms with Gasteiger partial charge in [0.1, 0.15) is 30.2 Å². The van der Waals surface area contributed by atoms with Gasteiger partial charge >= 0.3 is 0 Å². The summed E-state index contributed by atoms with van der Waals surface area (Å²) in [5, 5.41) is 23.4. The maximum atomic E-state index is 10.1. The van der Waals surface area contributed by atoms with Crippen molar-refractivity contribution < 1.29 is 9.84 Å². The second-order valence-electron chi connectivity index (χ2n) is 6.22. The Labute approximate surface area is 136 Å². The van der Waals surface area contributed by atoms with E-state index in [1.807, 2.05) is 18.2 Å². The van der Waals surface area contributed by atoms with Crippen molar-refractivity contribution in [3.05, 3.63) is 30.0 Å². The summed E-state index contributed by atoms with van der Waals surface area (Å²) >= 11 is 0. The second-order valence-corrected chi connectivity index (χ2v) is 6.22. The molecule has 1 unspecified atom stereocenters. The molecule has 0 saturated heterocycles. The lowest BCUT2D eigenvalue weighted by molar-refractivity contribution is 0.102. The van der Waals surface area contributed by atoms with Gasteiger partial charge in [0, 0.05) is 18.0 Å². The molecule has 5 heteroatoms. The third-order valence-corrected chi connectivity index (χ3v) is 4.42. The van der Waals surface area contributed by atoms with E-state index >= 15 is 0 Å². The van der Waals surface area contributed by atoms with E-state index in [9.17, 15) is 5.11 Å². The molecule has 1 saturated carbocycles. The molecule has 1 aliphatic carbocycles. The molecule has 0 radical (unpaired) electrons. The lowest BCUT2D eigenvalue weighted by atomic mass is 9.95. The van der Waals surface area contributed by atoms with Crippen LogP contribution >= 0.6 is 0 Å². The first-order valence-electron chi connectivity index (χ1n) is 8.32. The minimum absolute atomic E-state index is 0.242. The van der Waals surface area contributed by atoms with E-state index in [-0.39, 0.29) is 6.61 Å². The van der Waals surface area contributed by atoms with Crippen LogP contribution in [0.2, 0.25) is 0 Å². The molecule has 3 rings (SSSR count). The average Bonchev–Trinajstić information content (AvgIpc) is 3.03. The van der Waals surface area contributed by atoms with E-state index in [1.54, 1.807) is 6.07 Å². The number of nitriles is 1. The van der Waals surface area contributed by atoms with Crippen LogP contribution in [0.15, 0.2) is 24.3 Å². The topological polar surface area (TPSA) is 81.1 Å². The number of nitrogens with zero attached hydrogens (tertiary/aromatic N) is 1. The Hall–Kier alpha value is -2.03. The third-order valence-electron chi connectivity index (χ3n) is 4.42. The highest BCUT2D eigenvalue weighted by molar-refractivity contribution is 5.87. The summed E-state index contributed by atoms with van der Waals surface area (Å²) in [6.45, 7) is 0.795. The normalized spacial score (nSPS) is 17.0. The van der Waals surface area contributed by atoms with Crippen LogP contribution in [-0.4, -0.2) is 35.4 Å². The number of hydrogen-bond acceptors (Lipinski definition) is 4. The van der Waals surface area contributed by atoms with Crippen molar-refractivity contribution in [3.8, 4) is 11.8 Å². The van der Waals surface area contributed by atoms with Crippen LogP contribution in [0.3, 0.4) is 0 Å². The van der Waals surface area contributed by atoms with Gasteiger partial charge in [0.15, 0.2) is 0 Å². The van der Waals surface area contributed by atoms with Crippen molar-refractivity contribution >= 4 is 10.9 Å². The molecule has 1 aliphatic rings. The van der Waals surface area contributed by atoms with Gasteiger partial charge in [0.25, 0.3) is 0 Å². The Morgan fingerprint density at radius 2 is 2.17 bits per heavy atom. The summed E-state index contributed by atoms with van der Waals surface area (Å²) in [4.78, 5) is 3.03. The van der Waals surface area contributed by atoms with Gasteiger partial charge in [0.05, 0.1) is 5.52 Å². The predicted octanol–water partition coefficient (Wildman–Crippen LogP) is 2.70. The number of aliphatic hydroxyl groups excluding tert-OH is 1. The van der Waals surface area contributed by atoms with Crippen molar-refractivity contribution in [2.24, 2.45) is 0 Å². The Bertz CT molecular complexity index is 683. The molecule has 1 atom stereocenters. The van der Waals surface area contributed by atoms with E-state index < -0.39 is 6.10 Å². The molecule has 1 heterocycles. The molecule has 0 aliphatic heterocycles. The number of aliphatic hydroxyl groups is 1. The lowest BCUT2D eigenvalue weighted by Gasteiger charge is -2.24. The van der Waals surface area contributed by atoms with Crippen molar-refractivity contribution in [1.29, 1.82) is 5.26 Å². The van der Waals surface area contributed by atoms with Crippen LogP contribution in [0.4, 0.5) is 0 Å².